The highest BCUT2D eigenvalue weighted by atomic mass is 35.5. The van der Waals surface area contributed by atoms with Crippen LogP contribution in [0.15, 0.2) is 42.5 Å². The average molecular weight is 427 g/mol. The number of rotatable bonds is 8. The molecule has 1 atom stereocenters. The Morgan fingerprint density at radius 3 is 2.47 bits per heavy atom. The first kappa shape index (κ1) is 20.7. The van der Waals surface area contributed by atoms with E-state index in [1.807, 2.05) is 48.2 Å². The number of halogens is 1. The van der Waals surface area contributed by atoms with E-state index >= 15 is 0 Å². The molecule has 0 aliphatic heterocycles. The summed E-state index contributed by atoms with van der Waals surface area (Å²) in [5, 5.41) is 3.49. The fraction of sp³-hybridized carbons (Fsp3) is 0.417. The molecular weight excluding hydrogens is 400 g/mol. The van der Waals surface area contributed by atoms with Gasteiger partial charge in [-0.25, -0.2) is 0 Å². The summed E-state index contributed by atoms with van der Waals surface area (Å²) in [5.74, 6) is 0.446. The van der Waals surface area contributed by atoms with Gasteiger partial charge in [0.25, 0.3) is 11.8 Å². The maximum Gasteiger partial charge on any atom is 0.263 e. The van der Waals surface area contributed by atoms with Gasteiger partial charge in [-0.05, 0) is 74.9 Å². The predicted octanol–water partition coefficient (Wildman–Crippen LogP) is 4.50. The zero-order chi connectivity index (χ0) is 21.3. The molecule has 2 aromatic rings. The van der Waals surface area contributed by atoms with Crippen LogP contribution in [0.2, 0.25) is 5.02 Å². The summed E-state index contributed by atoms with van der Waals surface area (Å²) in [6.45, 7) is 4.23. The van der Waals surface area contributed by atoms with Crippen LogP contribution in [-0.4, -0.2) is 34.9 Å². The third kappa shape index (κ3) is 5.14. The first-order chi connectivity index (χ1) is 14.4. The van der Waals surface area contributed by atoms with Crippen LogP contribution < -0.4 is 10.1 Å². The lowest BCUT2D eigenvalue weighted by Gasteiger charge is -2.26. The Hall–Kier alpha value is -2.53. The van der Waals surface area contributed by atoms with Gasteiger partial charge in [-0.1, -0.05) is 29.8 Å². The number of carbonyl (C=O) groups excluding carboxylic acids is 2. The molecule has 1 N–H and O–H groups in total. The van der Waals surface area contributed by atoms with Crippen molar-refractivity contribution in [2.45, 2.75) is 64.3 Å². The number of hydrogen-bond acceptors (Lipinski definition) is 3. The van der Waals surface area contributed by atoms with Gasteiger partial charge in [0, 0.05) is 24.2 Å². The molecule has 0 spiro atoms. The first-order valence-corrected chi connectivity index (χ1v) is 10.9. The Bertz CT molecular complexity index is 936. The van der Waals surface area contributed by atoms with Crippen molar-refractivity contribution >= 4 is 23.4 Å². The molecule has 0 heterocycles. The van der Waals surface area contributed by atoms with Crippen molar-refractivity contribution in [1.29, 1.82) is 0 Å². The second-order valence-corrected chi connectivity index (χ2v) is 8.74. The van der Waals surface area contributed by atoms with Gasteiger partial charge in [0.15, 0.2) is 6.10 Å². The van der Waals surface area contributed by atoms with Gasteiger partial charge >= 0.3 is 0 Å². The summed E-state index contributed by atoms with van der Waals surface area (Å²) < 4.78 is 5.90. The second kappa shape index (κ2) is 8.68. The molecular formula is C24H27ClN2O3. The van der Waals surface area contributed by atoms with Gasteiger partial charge < -0.3 is 15.0 Å². The Balaban J connectivity index is 1.41. The third-order valence-electron chi connectivity index (χ3n) is 5.49. The van der Waals surface area contributed by atoms with E-state index in [0.29, 0.717) is 28.9 Å². The number of nitrogens with zero attached hydrogens (tertiary/aromatic N) is 1. The molecule has 1 unspecified atom stereocenters. The number of amides is 2. The number of ether oxygens (including phenoxy) is 1. The molecule has 5 nitrogen and oxygen atoms in total. The van der Waals surface area contributed by atoms with Gasteiger partial charge in [0.05, 0.1) is 5.02 Å². The Morgan fingerprint density at radius 1 is 1.13 bits per heavy atom. The maximum atomic E-state index is 13.1. The van der Waals surface area contributed by atoms with Crippen molar-refractivity contribution in [3.8, 4) is 5.75 Å². The van der Waals surface area contributed by atoms with Crippen LogP contribution in [0, 0.1) is 6.92 Å². The summed E-state index contributed by atoms with van der Waals surface area (Å²) in [5.41, 5.74) is 2.68. The largest absolute Gasteiger partial charge is 0.479 e. The van der Waals surface area contributed by atoms with E-state index in [1.165, 1.54) is 0 Å². The molecule has 2 aliphatic carbocycles. The molecule has 4 rings (SSSR count). The molecule has 0 aromatic heterocycles. The summed E-state index contributed by atoms with van der Waals surface area (Å²) in [4.78, 5) is 27.2. The molecule has 2 amide bonds. The Kier molecular flexibility index (Phi) is 6.00. The van der Waals surface area contributed by atoms with Gasteiger partial charge in [0.2, 0.25) is 0 Å². The molecule has 2 fully saturated rings. The van der Waals surface area contributed by atoms with Crippen LogP contribution in [0.3, 0.4) is 0 Å². The van der Waals surface area contributed by atoms with Crippen molar-refractivity contribution in [2.24, 2.45) is 0 Å². The van der Waals surface area contributed by atoms with Crippen molar-refractivity contribution in [1.82, 2.24) is 10.2 Å². The molecule has 0 radical (unpaired) electrons. The average Bonchev–Trinajstić information content (AvgIpc) is 3.63. The summed E-state index contributed by atoms with van der Waals surface area (Å²) in [6.07, 6.45) is 3.51. The SMILES string of the molecule is Cc1ccc(Cl)c(OC(C)C(=O)N(Cc2ccc(C(=O)NC3CC3)cc2)C2CC2)c1. The molecule has 30 heavy (non-hydrogen) atoms. The molecule has 158 valence electrons. The van der Waals surface area contributed by atoms with E-state index in [0.717, 1.165) is 36.8 Å². The lowest BCUT2D eigenvalue weighted by Crippen LogP contribution is -2.41. The number of aryl methyl sites for hydroxylation is 1. The van der Waals surface area contributed by atoms with Crippen molar-refractivity contribution in [2.75, 3.05) is 0 Å². The second-order valence-electron chi connectivity index (χ2n) is 8.34. The van der Waals surface area contributed by atoms with Gasteiger partial charge in [-0.2, -0.15) is 0 Å². The topological polar surface area (TPSA) is 58.6 Å². The number of carbonyl (C=O) groups is 2. The minimum absolute atomic E-state index is 0.0313. The van der Waals surface area contributed by atoms with Crippen LogP contribution in [-0.2, 0) is 11.3 Å². The van der Waals surface area contributed by atoms with E-state index in [9.17, 15) is 9.59 Å². The molecule has 0 saturated heterocycles. The van der Waals surface area contributed by atoms with Gasteiger partial charge in [0.1, 0.15) is 5.75 Å². The maximum absolute atomic E-state index is 13.1. The third-order valence-corrected chi connectivity index (χ3v) is 5.80. The van der Waals surface area contributed by atoms with E-state index in [2.05, 4.69) is 5.32 Å². The monoisotopic (exact) mass is 426 g/mol. The lowest BCUT2D eigenvalue weighted by atomic mass is 10.1. The van der Waals surface area contributed by atoms with Gasteiger partial charge in [-0.3, -0.25) is 9.59 Å². The smallest absolute Gasteiger partial charge is 0.263 e. The first-order valence-electron chi connectivity index (χ1n) is 10.5. The molecule has 2 saturated carbocycles. The molecule has 6 heteroatoms. The summed E-state index contributed by atoms with van der Waals surface area (Å²) in [7, 11) is 0. The van der Waals surface area contributed by atoms with Crippen LogP contribution in [0.1, 0.15) is 54.1 Å². The summed E-state index contributed by atoms with van der Waals surface area (Å²) in [6, 6.07) is 13.6. The summed E-state index contributed by atoms with van der Waals surface area (Å²) >= 11 is 6.22. The number of benzene rings is 2. The van der Waals surface area contributed by atoms with Crippen LogP contribution in [0.5, 0.6) is 5.75 Å². The Morgan fingerprint density at radius 2 is 1.83 bits per heavy atom. The van der Waals surface area contributed by atoms with E-state index in [4.69, 9.17) is 16.3 Å². The van der Waals surface area contributed by atoms with Crippen LogP contribution in [0.4, 0.5) is 0 Å². The van der Waals surface area contributed by atoms with Crippen molar-refractivity contribution in [3.63, 3.8) is 0 Å². The zero-order valence-corrected chi connectivity index (χ0v) is 18.1. The Labute approximate surface area is 182 Å². The number of nitrogens with one attached hydrogen (secondary N) is 1. The number of hydrogen-bond donors (Lipinski definition) is 1. The highest BCUT2D eigenvalue weighted by Crippen LogP contribution is 2.31. The molecule has 0 bridgehead atoms. The van der Waals surface area contributed by atoms with Crippen molar-refractivity contribution in [3.05, 3.63) is 64.2 Å². The standard InChI is InChI=1S/C24H27ClN2O3/c1-15-3-12-21(25)22(13-15)30-16(2)24(29)27(20-10-11-20)14-17-4-6-18(7-5-17)23(28)26-19-8-9-19/h3-7,12-13,16,19-20H,8-11,14H2,1-2H3,(H,26,28). The highest BCUT2D eigenvalue weighted by molar-refractivity contribution is 6.32. The van der Waals surface area contributed by atoms with Crippen LogP contribution in [0.25, 0.3) is 0 Å². The molecule has 2 aromatic carbocycles. The minimum Gasteiger partial charge on any atom is -0.479 e. The van der Waals surface area contributed by atoms with Gasteiger partial charge in [-0.15, -0.1) is 0 Å². The van der Waals surface area contributed by atoms with E-state index in [1.54, 1.807) is 13.0 Å². The fourth-order valence-electron chi connectivity index (χ4n) is 3.40. The normalized spacial score (nSPS) is 16.6. The fourth-order valence-corrected chi connectivity index (χ4v) is 3.57. The zero-order valence-electron chi connectivity index (χ0n) is 17.4. The lowest BCUT2D eigenvalue weighted by molar-refractivity contribution is -0.139. The molecule has 2 aliphatic rings. The van der Waals surface area contributed by atoms with Crippen LogP contribution >= 0.6 is 11.6 Å². The van der Waals surface area contributed by atoms with E-state index in [-0.39, 0.29) is 17.9 Å². The minimum atomic E-state index is -0.631. The van der Waals surface area contributed by atoms with Crippen molar-refractivity contribution < 1.29 is 14.3 Å². The predicted molar refractivity (Wildman–Crippen MR) is 117 cm³/mol. The quantitative estimate of drug-likeness (QED) is 0.676. The van der Waals surface area contributed by atoms with E-state index < -0.39 is 6.10 Å². The highest BCUT2D eigenvalue weighted by Gasteiger charge is 2.35.